The van der Waals surface area contributed by atoms with E-state index in [2.05, 4.69) is 0 Å². The zero-order valence-corrected chi connectivity index (χ0v) is 15.0. The average Bonchev–Trinajstić information content (AvgIpc) is 3.22. The average molecular weight is 347 g/mol. The van der Waals surface area contributed by atoms with Crippen molar-refractivity contribution in [1.29, 1.82) is 0 Å². The van der Waals surface area contributed by atoms with Gasteiger partial charge in [-0.3, -0.25) is 14.4 Å². The van der Waals surface area contributed by atoms with Crippen molar-refractivity contribution in [3.8, 4) is 0 Å². The Morgan fingerprint density at radius 2 is 1.76 bits per heavy atom. The molecule has 2 aliphatic heterocycles. The summed E-state index contributed by atoms with van der Waals surface area (Å²) in [7, 11) is 0. The van der Waals surface area contributed by atoms with Crippen LogP contribution in [0.1, 0.15) is 37.7 Å². The Hall–Kier alpha value is -2.31. The van der Waals surface area contributed by atoms with Gasteiger partial charge in [-0.15, -0.1) is 0 Å². The Labute approximate surface area is 147 Å². The summed E-state index contributed by atoms with van der Waals surface area (Å²) in [4.78, 5) is 42.5. The van der Waals surface area contributed by atoms with E-state index in [0.717, 1.165) is 0 Å². The first-order valence-corrected chi connectivity index (χ1v) is 8.69. The van der Waals surface area contributed by atoms with E-state index in [4.69, 9.17) is 4.42 Å². The Kier molecular flexibility index (Phi) is 4.58. The first-order valence-electron chi connectivity index (χ1n) is 8.69. The van der Waals surface area contributed by atoms with Crippen LogP contribution in [0.25, 0.3) is 0 Å². The molecular formula is C18H25N3O4. The van der Waals surface area contributed by atoms with E-state index in [9.17, 15) is 14.4 Å². The van der Waals surface area contributed by atoms with Gasteiger partial charge in [0.2, 0.25) is 11.8 Å². The van der Waals surface area contributed by atoms with Gasteiger partial charge in [0.1, 0.15) is 0 Å². The van der Waals surface area contributed by atoms with Gasteiger partial charge in [0.05, 0.1) is 12.2 Å². The van der Waals surface area contributed by atoms with E-state index in [0.29, 0.717) is 38.5 Å². The lowest BCUT2D eigenvalue weighted by Gasteiger charge is -2.36. The minimum absolute atomic E-state index is 0.0187. The fraction of sp³-hybridized carbons (Fsp3) is 0.611. The summed E-state index contributed by atoms with van der Waals surface area (Å²) >= 11 is 0. The number of carbonyl (C=O) groups excluding carboxylic acids is 3. The lowest BCUT2D eigenvalue weighted by atomic mass is 10.1. The van der Waals surface area contributed by atoms with Gasteiger partial charge in [-0.2, -0.15) is 0 Å². The minimum Gasteiger partial charge on any atom is -0.459 e. The van der Waals surface area contributed by atoms with E-state index >= 15 is 0 Å². The molecule has 2 fully saturated rings. The van der Waals surface area contributed by atoms with Crippen LogP contribution in [-0.4, -0.2) is 70.7 Å². The topological polar surface area (TPSA) is 74.1 Å². The number of amides is 3. The van der Waals surface area contributed by atoms with Crippen molar-refractivity contribution in [2.24, 2.45) is 5.92 Å². The summed E-state index contributed by atoms with van der Waals surface area (Å²) in [5.74, 6) is -0.0456. The van der Waals surface area contributed by atoms with Crippen LogP contribution in [0.5, 0.6) is 0 Å². The maximum absolute atomic E-state index is 12.7. The second kappa shape index (κ2) is 6.54. The molecule has 136 valence electrons. The van der Waals surface area contributed by atoms with Gasteiger partial charge < -0.3 is 19.1 Å². The predicted molar refractivity (Wildman–Crippen MR) is 90.8 cm³/mol. The van der Waals surface area contributed by atoms with E-state index in [1.807, 2.05) is 20.8 Å². The Morgan fingerprint density at radius 1 is 1.12 bits per heavy atom. The molecule has 1 atom stereocenters. The monoisotopic (exact) mass is 347 g/mol. The molecule has 25 heavy (non-hydrogen) atoms. The molecule has 1 aromatic heterocycles. The molecule has 2 aliphatic rings. The smallest absolute Gasteiger partial charge is 0.289 e. The minimum atomic E-state index is -0.279. The quantitative estimate of drug-likeness (QED) is 0.806. The number of nitrogens with zero attached hydrogens (tertiary/aromatic N) is 3. The number of hydrogen-bond donors (Lipinski definition) is 0. The summed E-state index contributed by atoms with van der Waals surface area (Å²) in [5.41, 5.74) is -0.264. The van der Waals surface area contributed by atoms with Gasteiger partial charge in [-0.05, 0) is 32.9 Å². The van der Waals surface area contributed by atoms with Crippen LogP contribution >= 0.6 is 0 Å². The first-order chi connectivity index (χ1) is 11.8. The van der Waals surface area contributed by atoms with Crippen molar-refractivity contribution >= 4 is 17.7 Å². The lowest BCUT2D eigenvalue weighted by Crippen LogP contribution is -2.52. The molecule has 0 radical (unpaired) electrons. The molecule has 1 aromatic rings. The third kappa shape index (κ3) is 3.55. The van der Waals surface area contributed by atoms with Gasteiger partial charge in [-0.1, -0.05) is 0 Å². The highest BCUT2D eigenvalue weighted by Gasteiger charge is 2.41. The summed E-state index contributed by atoms with van der Waals surface area (Å²) in [5, 5.41) is 0. The van der Waals surface area contributed by atoms with E-state index in [-0.39, 0.29) is 35.6 Å². The number of likely N-dealkylation sites (tertiary alicyclic amines) is 1. The second-order valence-electron chi connectivity index (χ2n) is 7.67. The van der Waals surface area contributed by atoms with Gasteiger partial charge in [0.25, 0.3) is 5.91 Å². The summed E-state index contributed by atoms with van der Waals surface area (Å²) in [6.07, 6.45) is 1.76. The van der Waals surface area contributed by atoms with Crippen LogP contribution in [0.2, 0.25) is 0 Å². The highest BCUT2D eigenvalue weighted by Crippen LogP contribution is 2.27. The van der Waals surface area contributed by atoms with E-state index in [1.54, 1.807) is 26.8 Å². The van der Waals surface area contributed by atoms with Crippen LogP contribution in [-0.2, 0) is 9.59 Å². The molecule has 0 saturated carbocycles. The Morgan fingerprint density at radius 3 is 2.28 bits per heavy atom. The molecule has 2 saturated heterocycles. The molecule has 7 nitrogen and oxygen atoms in total. The fourth-order valence-electron chi connectivity index (χ4n) is 3.47. The summed E-state index contributed by atoms with van der Waals surface area (Å²) < 4.78 is 5.14. The largest absolute Gasteiger partial charge is 0.459 e. The van der Waals surface area contributed by atoms with Crippen LogP contribution in [0, 0.1) is 5.92 Å². The molecule has 3 rings (SSSR count). The molecule has 7 heteroatoms. The zero-order valence-electron chi connectivity index (χ0n) is 15.0. The normalized spacial score (nSPS) is 21.8. The van der Waals surface area contributed by atoms with Crippen LogP contribution in [0.4, 0.5) is 0 Å². The fourth-order valence-corrected chi connectivity index (χ4v) is 3.47. The molecule has 3 amide bonds. The van der Waals surface area contributed by atoms with Crippen molar-refractivity contribution in [3.05, 3.63) is 24.2 Å². The van der Waals surface area contributed by atoms with Crippen molar-refractivity contribution in [3.63, 3.8) is 0 Å². The zero-order chi connectivity index (χ0) is 18.2. The molecule has 1 unspecified atom stereocenters. The maximum atomic E-state index is 12.7. The lowest BCUT2D eigenvalue weighted by molar-refractivity contribution is -0.137. The second-order valence-corrected chi connectivity index (χ2v) is 7.67. The van der Waals surface area contributed by atoms with Gasteiger partial charge >= 0.3 is 0 Å². The molecule has 3 heterocycles. The highest BCUT2D eigenvalue weighted by molar-refractivity contribution is 5.92. The molecular weight excluding hydrogens is 322 g/mol. The number of piperazine rings is 1. The molecule has 0 spiro atoms. The highest BCUT2D eigenvalue weighted by atomic mass is 16.3. The Balaban J connectivity index is 1.56. The standard InChI is InChI=1S/C18H25N3O4/c1-18(2,3)21-12-13(11-15(21)22)16(23)19-6-8-20(9-7-19)17(24)14-5-4-10-25-14/h4-5,10,13H,6-9,11-12H2,1-3H3. The number of carbonyl (C=O) groups is 3. The molecule has 0 N–H and O–H groups in total. The van der Waals surface area contributed by atoms with Crippen molar-refractivity contribution in [1.82, 2.24) is 14.7 Å². The van der Waals surface area contributed by atoms with Crippen molar-refractivity contribution < 1.29 is 18.8 Å². The third-order valence-corrected chi connectivity index (χ3v) is 4.89. The summed E-state index contributed by atoms with van der Waals surface area (Å²) in [6.45, 7) is 8.37. The molecule has 0 aromatic carbocycles. The van der Waals surface area contributed by atoms with E-state index in [1.165, 1.54) is 6.26 Å². The van der Waals surface area contributed by atoms with Gasteiger partial charge in [0.15, 0.2) is 5.76 Å². The first kappa shape index (κ1) is 17.5. The summed E-state index contributed by atoms with van der Waals surface area (Å²) in [6, 6.07) is 3.33. The van der Waals surface area contributed by atoms with Crippen LogP contribution < -0.4 is 0 Å². The van der Waals surface area contributed by atoms with Crippen molar-refractivity contribution in [2.45, 2.75) is 32.7 Å². The maximum Gasteiger partial charge on any atom is 0.289 e. The van der Waals surface area contributed by atoms with Crippen LogP contribution in [0.3, 0.4) is 0 Å². The molecule has 0 bridgehead atoms. The SMILES string of the molecule is CC(C)(C)N1CC(C(=O)N2CCN(C(=O)c3ccco3)CC2)CC1=O. The number of furan rings is 1. The number of rotatable bonds is 2. The predicted octanol–water partition coefficient (Wildman–Crippen LogP) is 1.21. The van der Waals surface area contributed by atoms with Crippen molar-refractivity contribution in [2.75, 3.05) is 32.7 Å². The van der Waals surface area contributed by atoms with E-state index < -0.39 is 0 Å². The Bertz CT molecular complexity index is 654. The number of hydrogen-bond acceptors (Lipinski definition) is 4. The molecule has 0 aliphatic carbocycles. The van der Waals surface area contributed by atoms with Gasteiger partial charge in [-0.25, -0.2) is 0 Å². The van der Waals surface area contributed by atoms with Gasteiger partial charge in [0, 0.05) is 44.7 Å². The van der Waals surface area contributed by atoms with Crippen LogP contribution in [0.15, 0.2) is 22.8 Å². The third-order valence-electron chi connectivity index (χ3n) is 4.89.